The molecule has 2 aromatic rings. The highest BCUT2D eigenvalue weighted by Crippen LogP contribution is 2.24. The molecule has 7 heteroatoms. The monoisotopic (exact) mass is 552 g/mol. The quantitative estimate of drug-likeness (QED) is 0.261. The molecule has 0 aliphatic carbocycles. The summed E-state index contributed by atoms with van der Waals surface area (Å²) in [7, 11) is 1.63. The van der Waals surface area contributed by atoms with E-state index in [2.05, 4.69) is 64.7 Å². The van der Waals surface area contributed by atoms with E-state index in [1.807, 2.05) is 24.3 Å². The average molecular weight is 553 g/mol. The summed E-state index contributed by atoms with van der Waals surface area (Å²) in [5, 5.41) is 17.4. The third-order valence-electron chi connectivity index (χ3n) is 5.95. The molecule has 1 heterocycles. The molecule has 32 heavy (non-hydrogen) atoms. The number of benzene rings is 2. The van der Waals surface area contributed by atoms with Crippen molar-refractivity contribution in [3.8, 4) is 5.75 Å². The minimum atomic E-state index is -0.667. The predicted molar refractivity (Wildman–Crippen MR) is 142 cm³/mol. The number of hydrogen-bond acceptors (Lipinski definition) is 4. The van der Waals surface area contributed by atoms with E-state index in [4.69, 9.17) is 4.74 Å². The number of methoxy groups -OCH3 is 1. The first-order valence-corrected chi connectivity index (χ1v) is 11.3. The number of rotatable bonds is 8. The van der Waals surface area contributed by atoms with Gasteiger partial charge in [0.25, 0.3) is 0 Å². The zero-order valence-electron chi connectivity index (χ0n) is 19.3. The van der Waals surface area contributed by atoms with Crippen LogP contribution in [0.5, 0.6) is 5.75 Å². The van der Waals surface area contributed by atoms with E-state index in [1.54, 1.807) is 7.11 Å². The smallest absolute Gasteiger partial charge is 0.191 e. The van der Waals surface area contributed by atoms with Crippen molar-refractivity contribution in [2.24, 2.45) is 4.99 Å². The van der Waals surface area contributed by atoms with Crippen molar-refractivity contribution in [2.75, 3.05) is 33.3 Å². The molecular weight excluding hydrogens is 515 g/mol. The summed E-state index contributed by atoms with van der Waals surface area (Å²) >= 11 is 0. The fourth-order valence-corrected chi connectivity index (χ4v) is 4.02. The summed E-state index contributed by atoms with van der Waals surface area (Å²) in [6.45, 7) is 7.53. The van der Waals surface area contributed by atoms with Gasteiger partial charge in [0.1, 0.15) is 5.75 Å². The summed E-state index contributed by atoms with van der Waals surface area (Å²) in [6.07, 6.45) is 1.47. The standard InChI is InChI=1S/C25H36N4O2.HI/c1-4-26-25(27-18-24(30)21-11-8-12-23(17-21)31-3)28-22-13-15-29(16-14-22)19(2)20-9-6-5-7-10-20;/h5-12,17,19,22,24,30H,4,13-16,18H2,1-3H3,(H2,26,27,28);1H. The Kier molecular flexibility index (Phi) is 11.3. The second-order valence-electron chi connectivity index (χ2n) is 8.05. The van der Waals surface area contributed by atoms with Gasteiger partial charge in [-0.1, -0.05) is 42.5 Å². The van der Waals surface area contributed by atoms with Gasteiger partial charge in [0.05, 0.1) is 19.8 Å². The first-order chi connectivity index (χ1) is 15.1. The topological polar surface area (TPSA) is 69.1 Å². The van der Waals surface area contributed by atoms with Gasteiger partial charge in [0, 0.05) is 31.7 Å². The van der Waals surface area contributed by atoms with Crippen molar-refractivity contribution in [2.45, 2.75) is 44.9 Å². The van der Waals surface area contributed by atoms with Crippen LogP contribution < -0.4 is 15.4 Å². The third-order valence-corrected chi connectivity index (χ3v) is 5.95. The predicted octanol–water partition coefficient (Wildman–Crippen LogP) is 4.13. The number of piperidine rings is 1. The van der Waals surface area contributed by atoms with Gasteiger partial charge >= 0.3 is 0 Å². The number of hydrogen-bond donors (Lipinski definition) is 3. The van der Waals surface area contributed by atoms with Crippen LogP contribution in [0.3, 0.4) is 0 Å². The van der Waals surface area contributed by atoms with Crippen LogP contribution in [-0.2, 0) is 0 Å². The van der Waals surface area contributed by atoms with E-state index in [0.717, 1.165) is 49.7 Å². The van der Waals surface area contributed by atoms with Crippen LogP contribution in [-0.4, -0.2) is 55.3 Å². The van der Waals surface area contributed by atoms with Gasteiger partial charge in [0.15, 0.2) is 5.96 Å². The summed E-state index contributed by atoms with van der Waals surface area (Å²) < 4.78 is 5.25. The van der Waals surface area contributed by atoms with Crippen molar-refractivity contribution < 1.29 is 9.84 Å². The van der Waals surface area contributed by atoms with Gasteiger partial charge in [-0.15, -0.1) is 24.0 Å². The van der Waals surface area contributed by atoms with Gasteiger partial charge in [-0.05, 0) is 49.9 Å². The molecule has 2 atom stereocenters. The van der Waals surface area contributed by atoms with Crippen LogP contribution in [0, 0.1) is 0 Å². The number of ether oxygens (including phenoxy) is 1. The first kappa shape index (κ1) is 26.4. The second kappa shape index (κ2) is 13.6. The van der Waals surface area contributed by atoms with E-state index >= 15 is 0 Å². The lowest BCUT2D eigenvalue weighted by Crippen LogP contribution is -2.49. The van der Waals surface area contributed by atoms with Crippen molar-refractivity contribution >= 4 is 29.9 Å². The van der Waals surface area contributed by atoms with Gasteiger partial charge in [-0.25, -0.2) is 0 Å². The average Bonchev–Trinajstić information content (AvgIpc) is 2.83. The number of aliphatic hydroxyl groups is 1. The minimum Gasteiger partial charge on any atom is -0.497 e. The van der Waals surface area contributed by atoms with Crippen LogP contribution >= 0.6 is 24.0 Å². The Hall–Kier alpha value is -1.84. The molecule has 1 saturated heterocycles. The van der Waals surface area contributed by atoms with Crippen LogP contribution in [0.2, 0.25) is 0 Å². The van der Waals surface area contributed by atoms with Crippen molar-refractivity contribution in [1.29, 1.82) is 0 Å². The SMILES string of the molecule is CCNC(=NCC(O)c1cccc(OC)c1)NC1CCN(C(C)c2ccccc2)CC1.I. The van der Waals surface area contributed by atoms with Gasteiger partial charge in [-0.3, -0.25) is 9.89 Å². The molecule has 0 radical (unpaired) electrons. The number of halogens is 1. The Morgan fingerprint density at radius 3 is 2.47 bits per heavy atom. The van der Waals surface area contributed by atoms with Crippen LogP contribution in [0.15, 0.2) is 59.6 Å². The Morgan fingerprint density at radius 1 is 1.12 bits per heavy atom. The third kappa shape index (κ3) is 7.64. The Balaban J connectivity index is 0.00000363. The molecule has 2 unspecified atom stereocenters. The van der Waals surface area contributed by atoms with E-state index in [1.165, 1.54) is 5.56 Å². The maximum absolute atomic E-state index is 10.5. The Bertz CT molecular complexity index is 826. The van der Waals surface area contributed by atoms with Crippen molar-refractivity contribution in [3.63, 3.8) is 0 Å². The zero-order chi connectivity index (χ0) is 22.1. The van der Waals surface area contributed by atoms with E-state index < -0.39 is 6.10 Å². The molecule has 0 saturated carbocycles. The molecule has 176 valence electrons. The lowest BCUT2D eigenvalue weighted by Gasteiger charge is -2.37. The van der Waals surface area contributed by atoms with Gasteiger partial charge in [-0.2, -0.15) is 0 Å². The minimum absolute atomic E-state index is 0. The van der Waals surface area contributed by atoms with Crippen molar-refractivity contribution in [3.05, 3.63) is 65.7 Å². The summed E-state index contributed by atoms with van der Waals surface area (Å²) in [6, 6.07) is 19.0. The zero-order valence-corrected chi connectivity index (χ0v) is 21.7. The highest BCUT2D eigenvalue weighted by Gasteiger charge is 2.24. The van der Waals surface area contributed by atoms with Crippen LogP contribution in [0.1, 0.15) is 50.0 Å². The fraction of sp³-hybridized carbons (Fsp3) is 0.480. The first-order valence-electron chi connectivity index (χ1n) is 11.3. The molecule has 0 spiro atoms. The fourth-order valence-electron chi connectivity index (χ4n) is 4.02. The highest BCUT2D eigenvalue weighted by molar-refractivity contribution is 14.0. The molecular formula is C25H37IN4O2. The molecule has 3 N–H and O–H groups in total. The van der Waals surface area contributed by atoms with E-state index in [0.29, 0.717) is 18.6 Å². The largest absolute Gasteiger partial charge is 0.497 e. The molecule has 2 aromatic carbocycles. The Labute approximate surface area is 209 Å². The lowest BCUT2D eigenvalue weighted by atomic mass is 10.0. The number of nitrogens with zero attached hydrogens (tertiary/aromatic N) is 2. The molecule has 1 aliphatic rings. The number of aliphatic hydroxyl groups excluding tert-OH is 1. The molecule has 6 nitrogen and oxygen atoms in total. The summed E-state index contributed by atoms with van der Waals surface area (Å²) in [5.41, 5.74) is 2.18. The second-order valence-corrected chi connectivity index (χ2v) is 8.05. The summed E-state index contributed by atoms with van der Waals surface area (Å²) in [5.74, 6) is 1.50. The van der Waals surface area contributed by atoms with E-state index in [9.17, 15) is 5.11 Å². The molecule has 1 aliphatic heterocycles. The van der Waals surface area contributed by atoms with Gasteiger partial charge in [0.2, 0.25) is 0 Å². The van der Waals surface area contributed by atoms with Gasteiger partial charge < -0.3 is 20.5 Å². The number of nitrogens with one attached hydrogen (secondary N) is 2. The number of likely N-dealkylation sites (tertiary alicyclic amines) is 1. The van der Waals surface area contributed by atoms with Crippen LogP contribution in [0.4, 0.5) is 0 Å². The molecule has 1 fully saturated rings. The molecule has 0 amide bonds. The highest BCUT2D eigenvalue weighted by atomic mass is 127. The lowest BCUT2D eigenvalue weighted by molar-refractivity contribution is 0.158. The summed E-state index contributed by atoms with van der Waals surface area (Å²) in [4.78, 5) is 7.18. The maximum Gasteiger partial charge on any atom is 0.191 e. The Morgan fingerprint density at radius 2 is 1.81 bits per heavy atom. The number of aliphatic imine (C=N–C) groups is 1. The molecule has 0 aromatic heterocycles. The van der Waals surface area contributed by atoms with Crippen LogP contribution in [0.25, 0.3) is 0 Å². The maximum atomic E-state index is 10.5. The number of guanidine groups is 1. The molecule has 0 bridgehead atoms. The normalized spacial score (nSPS) is 17.2. The molecule has 3 rings (SSSR count). The van der Waals surface area contributed by atoms with Crippen molar-refractivity contribution in [1.82, 2.24) is 15.5 Å². The van der Waals surface area contributed by atoms with E-state index in [-0.39, 0.29) is 24.0 Å².